The van der Waals surface area contributed by atoms with Crippen molar-refractivity contribution in [3.05, 3.63) is 50.1 Å². The molecular weight excluding hydrogens is 350 g/mol. The van der Waals surface area contributed by atoms with Crippen molar-refractivity contribution < 1.29 is 9.53 Å². The van der Waals surface area contributed by atoms with Gasteiger partial charge in [-0.15, -0.1) is 11.3 Å². The minimum atomic E-state index is -0.0613. The Labute approximate surface area is 137 Å². The lowest BCUT2D eigenvalue weighted by atomic mass is 10.2. The highest BCUT2D eigenvalue weighted by Gasteiger charge is 2.14. The third-order valence-electron chi connectivity index (χ3n) is 2.98. The molecule has 3 nitrogen and oxygen atoms in total. The first-order valence-corrected chi connectivity index (χ1v) is 8.33. The van der Waals surface area contributed by atoms with E-state index in [9.17, 15) is 4.79 Å². The molecule has 0 saturated heterocycles. The first-order valence-electron chi connectivity index (χ1n) is 6.72. The molecule has 0 aliphatic heterocycles. The molecule has 1 aromatic carbocycles. The molecule has 2 rings (SSSR count). The summed E-state index contributed by atoms with van der Waals surface area (Å²) in [6, 6.07) is 9.71. The summed E-state index contributed by atoms with van der Waals surface area (Å²) in [5.41, 5.74) is 2.27. The molecule has 2 aromatic rings. The summed E-state index contributed by atoms with van der Waals surface area (Å²) in [5.74, 6) is 0.755. The van der Waals surface area contributed by atoms with Gasteiger partial charge < -0.3 is 10.1 Å². The van der Waals surface area contributed by atoms with Crippen LogP contribution < -0.4 is 10.1 Å². The van der Waals surface area contributed by atoms with Crippen LogP contribution in [0.25, 0.3) is 0 Å². The predicted molar refractivity (Wildman–Crippen MR) is 90.4 cm³/mol. The molecule has 0 fully saturated rings. The number of carbonyl (C=O) groups is 1. The molecular formula is C16H18BrNO2S. The first-order chi connectivity index (χ1) is 9.95. The number of amides is 1. The molecule has 1 aromatic heterocycles. The normalized spacial score (nSPS) is 12.0. The molecule has 1 atom stereocenters. The Morgan fingerprint density at radius 3 is 2.57 bits per heavy atom. The standard InChI is InChI=1S/C16H18BrNO2S/c1-10-4-6-13(7-5-10)20-9-12(3)18-16(19)14-8-11(2)15(17)21-14/h4-8,12H,9H2,1-3H3,(H,18,19). The zero-order chi connectivity index (χ0) is 15.4. The fourth-order valence-electron chi connectivity index (χ4n) is 1.76. The van der Waals surface area contributed by atoms with E-state index in [0.29, 0.717) is 11.5 Å². The van der Waals surface area contributed by atoms with Crippen molar-refractivity contribution in [2.24, 2.45) is 0 Å². The number of aryl methyl sites for hydroxylation is 2. The second-order valence-electron chi connectivity index (χ2n) is 5.07. The number of hydrogen-bond donors (Lipinski definition) is 1. The quantitative estimate of drug-likeness (QED) is 0.853. The Kier molecular flexibility index (Phi) is 5.42. The smallest absolute Gasteiger partial charge is 0.261 e. The van der Waals surface area contributed by atoms with Gasteiger partial charge in [0.25, 0.3) is 5.91 Å². The first kappa shape index (κ1) is 16.0. The monoisotopic (exact) mass is 367 g/mol. The van der Waals surface area contributed by atoms with Gasteiger partial charge in [0, 0.05) is 0 Å². The van der Waals surface area contributed by atoms with Crippen molar-refractivity contribution >= 4 is 33.2 Å². The zero-order valence-corrected chi connectivity index (χ0v) is 14.7. The number of halogens is 1. The SMILES string of the molecule is Cc1ccc(OCC(C)NC(=O)c2cc(C)c(Br)s2)cc1. The van der Waals surface area contributed by atoms with Crippen molar-refractivity contribution in [2.75, 3.05) is 6.61 Å². The predicted octanol–water partition coefficient (Wildman–Crippen LogP) is 4.32. The highest BCUT2D eigenvalue weighted by atomic mass is 79.9. The molecule has 0 aliphatic rings. The lowest BCUT2D eigenvalue weighted by Crippen LogP contribution is -2.36. The average molecular weight is 368 g/mol. The lowest BCUT2D eigenvalue weighted by molar-refractivity contribution is 0.0930. The Morgan fingerprint density at radius 2 is 2.00 bits per heavy atom. The Morgan fingerprint density at radius 1 is 1.33 bits per heavy atom. The van der Waals surface area contributed by atoms with E-state index in [1.54, 1.807) is 0 Å². The van der Waals surface area contributed by atoms with E-state index in [-0.39, 0.29) is 11.9 Å². The Balaban J connectivity index is 1.85. The van der Waals surface area contributed by atoms with Gasteiger partial charge in [0.05, 0.1) is 14.7 Å². The number of ether oxygens (including phenoxy) is 1. The lowest BCUT2D eigenvalue weighted by Gasteiger charge is -2.14. The van der Waals surface area contributed by atoms with Crippen molar-refractivity contribution in [3.63, 3.8) is 0 Å². The highest BCUT2D eigenvalue weighted by molar-refractivity contribution is 9.11. The minimum Gasteiger partial charge on any atom is -0.491 e. The third-order valence-corrected chi connectivity index (χ3v) is 5.11. The van der Waals surface area contributed by atoms with Crippen molar-refractivity contribution in [2.45, 2.75) is 26.8 Å². The van der Waals surface area contributed by atoms with E-state index in [1.807, 2.05) is 51.1 Å². The van der Waals surface area contributed by atoms with Gasteiger partial charge in [0.15, 0.2) is 0 Å². The summed E-state index contributed by atoms with van der Waals surface area (Å²) in [7, 11) is 0. The summed E-state index contributed by atoms with van der Waals surface area (Å²) >= 11 is 4.88. The Bertz CT molecular complexity index is 602. The van der Waals surface area contributed by atoms with Crippen LogP contribution in [0.3, 0.4) is 0 Å². The zero-order valence-electron chi connectivity index (χ0n) is 12.3. The van der Waals surface area contributed by atoms with Gasteiger partial charge in [0.2, 0.25) is 0 Å². The number of nitrogens with one attached hydrogen (secondary N) is 1. The highest BCUT2D eigenvalue weighted by Crippen LogP contribution is 2.27. The van der Waals surface area contributed by atoms with Crippen LogP contribution in [0, 0.1) is 13.8 Å². The molecule has 0 bridgehead atoms. The van der Waals surface area contributed by atoms with Crippen LogP contribution in [0.2, 0.25) is 0 Å². The van der Waals surface area contributed by atoms with E-state index in [0.717, 1.165) is 15.1 Å². The fourth-order valence-corrected chi connectivity index (χ4v) is 3.20. The molecule has 0 radical (unpaired) electrons. The average Bonchev–Trinajstić information content (AvgIpc) is 2.78. The second kappa shape index (κ2) is 7.09. The van der Waals surface area contributed by atoms with Crippen LogP contribution in [0.5, 0.6) is 5.75 Å². The van der Waals surface area contributed by atoms with Gasteiger partial charge >= 0.3 is 0 Å². The third kappa shape index (κ3) is 4.58. The van der Waals surface area contributed by atoms with E-state index >= 15 is 0 Å². The maximum absolute atomic E-state index is 12.1. The van der Waals surface area contributed by atoms with E-state index in [1.165, 1.54) is 16.9 Å². The van der Waals surface area contributed by atoms with Gasteiger partial charge in [-0.3, -0.25) is 4.79 Å². The maximum Gasteiger partial charge on any atom is 0.261 e. The van der Waals surface area contributed by atoms with E-state index in [4.69, 9.17) is 4.74 Å². The van der Waals surface area contributed by atoms with E-state index in [2.05, 4.69) is 21.2 Å². The van der Waals surface area contributed by atoms with Crippen LogP contribution in [-0.2, 0) is 0 Å². The molecule has 21 heavy (non-hydrogen) atoms. The minimum absolute atomic E-state index is 0.0556. The fraction of sp³-hybridized carbons (Fsp3) is 0.312. The molecule has 1 unspecified atom stereocenters. The molecule has 1 amide bonds. The van der Waals surface area contributed by atoms with Gasteiger partial charge in [-0.2, -0.15) is 0 Å². The molecule has 1 heterocycles. The van der Waals surface area contributed by atoms with Gasteiger partial charge in [-0.05, 0) is 60.5 Å². The van der Waals surface area contributed by atoms with Crippen LogP contribution >= 0.6 is 27.3 Å². The Hall–Kier alpha value is -1.33. The summed E-state index contributed by atoms with van der Waals surface area (Å²) in [6.45, 7) is 6.39. The van der Waals surface area contributed by atoms with Crippen molar-refractivity contribution in [1.29, 1.82) is 0 Å². The molecule has 112 valence electrons. The summed E-state index contributed by atoms with van der Waals surface area (Å²) in [5, 5.41) is 2.94. The largest absolute Gasteiger partial charge is 0.491 e. The number of carbonyl (C=O) groups excluding carboxylic acids is 1. The molecule has 5 heteroatoms. The van der Waals surface area contributed by atoms with Crippen LogP contribution in [0.4, 0.5) is 0 Å². The van der Waals surface area contributed by atoms with Crippen LogP contribution in [0.1, 0.15) is 27.7 Å². The molecule has 0 spiro atoms. The van der Waals surface area contributed by atoms with Gasteiger partial charge in [-0.25, -0.2) is 0 Å². The molecule has 1 N–H and O–H groups in total. The van der Waals surface area contributed by atoms with Crippen molar-refractivity contribution in [3.8, 4) is 5.75 Å². The van der Waals surface area contributed by atoms with Crippen LogP contribution in [-0.4, -0.2) is 18.6 Å². The number of thiophene rings is 1. The summed E-state index contributed by atoms with van der Waals surface area (Å²) in [4.78, 5) is 12.8. The van der Waals surface area contributed by atoms with Gasteiger partial charge in [0.1, 0.15) is 12.4 Å². The second-order valence-corrected chi connectivity index (χ2v) is 7.44. The van der Waals surface area contributed by atoms with Gasteiger partial charge in [-0.1, -0.05) is 17.7 Å². The molecule has 0 saturated carbocycles. The van der Waals surface area contributed by atoms with Crippen LogP contribution in [0.15, 0.2) is 34.1 Å². The number of benzene rings is 1. The topological polar surface area (TPSA) is 38.3 Å². The van der Waals surface area contributed by atoms with E-state index < -0.39 is 0 Å². The van der Waals surface area contributed by atoms with Crippen molar-refractivity contribution in [1.82, 2.24) is 5.32 Å². The number of rotatable bonds is 5. The molecule has 0 aliphatic carbocycles. The number of hydrogen-bond acceptors (Lipinski definition) is 3. The maximum atomic E-state index is 12.1. The summed E-state index contributed by atoms with van der Waals surface area (Å²) in [6.07, 6.45) is 0. The summed E-state index contributed by atoms with van der Waals surface area (Å²) < 4.78 is 6.66.